The summed E-state index contributed by atoms with van der Waals surface area (Å²) in [6.45, 7) is 1.47. The number of ether oxygens (including phenoxy) is 1. The Morgan fingerprint density at radius 2 is 2.00 bits per heavy atom. The molecule has 3 nitrogen and oxygen atoms in total. The van der Waals surface area contributed by atoms with E-state index in [1.807, 2.05) is 31.3 Å². The van der Waals surface area contributed by atoms with Crippen LogP contribution in [0.5, 0.6) is 5.75 Å². The molecule has 0 atom stereocenters. The zero-order valence-corrected chi connectivity index (χ0v) is 9.88. The van der Waals surface area contributed by atoms with E-state index in [0.717, 1.165) is 12.3 Å². The van der Waals surface area contributed by atoms with Crippen molar-refractivity contribution in [1.82, 2.24) is 4.90 Å². The Labute approximate surface area is 95.8 Å². The summed E-state index contributed by atoms with van der Waals surface area (Å²) in [4.78, 5) is 2.59. The average molecular weight is 224 g/mol. The van der Waals surface area contributed by atoms with E-state index in [0.29, 0.717) is 11.5 Å². The van der Waals surface area contributed by atoms with Gasteiger partial charge in [0.2, 0.25) is 0 Å². The van der Waals surface area contributed by atoms with Gasteiger partial charge in [-0.2, -0.15) is 0 Å². The molecule has 0 saturated heterocycles. The molecule has 0 radical (unpaired) electrons. The van der Waals surface area contributed by atoms with Crippen molar-refractivity contribution in [3.05, 3.63) is 29.8 Å². The smallest absolute Gasteiger partial charge is 0.118 e. The summed E-state index contributed by atoms with van der Waals surface area (Å²) in [5.41, 5.74) is 6.68. The summed E-state index contributed by atoms with van der Waals surface area (Å²) in [6.07, 6.45) is 0. The predicted molar refractivity (Wildman–Crippen MR) is 66.1 cm³/mol. The minimum absolute atomic E-state index is 0.519. The maximum absolute atomic E-state index is 5.46. The molecular formula is C11H16N2OS. The van der Waals surface area contributed by atoms with Crippen molar-refractivity contribution in [3.63, 3.8) is 0 Å². The summed E-state index contributed by atoms with van der Waals surface area (Å²) in [5.74, 6) is 0.871. The van der Waals surface area contributed by atoms with Crippen LogP contribution in [-0.2, 0) is 6.54 Å². The molecule has 1 rings (SSSR count). The van der Waals surface area contributed by atoms with E-state index in [2.05, 4.69) is 4.90 Å². The molecule has 0 aliphatic heterocycles. The zero-order valence-electron chi connectivity index (χ0n) is 9.06. The van der Waals surface area contributed by atoms with Crippen molar-refractivity contribution in [3.8, 4) is 5.75 Å². The van der Waals surface area contributed by atoms with E-state index in [1.165, 1.54) is 5.56 Å². The summed E-state index contributed by atoms with van der Waals surface area (Å²) >= 11 is 4.84. The van der Waals surface area contributed by atoms with Crippen LogP contribution in [0.3, 0.4) is 0 Å². The number of methoxy groups -OCH3 is 1. The second-order valence-corrected chi connectivity index (χ2v) is 4.01. The third-order valence-electron chi connectivity index (χ3n) is 2.04. The summed E-state index contributed by atoms with van der Waals surface area (Å²) < 4.78 is 5.08. The molecule has 0 spiro atoms. The van der Waals surface area contributed by atoms with Crippen LogP contribution in [0.25, 0.3) is 0 Å². The first kappa shape index (κ1) is 11.9. The van der Waals surface area contributed by atoms with Gasteiger partial charge in [-0.15, -0.1) is 0 Å². The van der Waals surface area contributed by atoms with Gasteiger partial charge in [-0.05, 0) is 24.7 Å². The molecule has 0 aliphatic carbocycles. The van der Waals surface area contributed by atoms with Gasteiger partial charge < -0.3 is 10.5 Å². The highest BCUT2D eigenvalue weighted by Crippen LogP contribution is 2.12. The molecule has 0 bridgehead atoms. The van der Waals surface area contributed by atoms with Crippen molar-refractivity contribution in [2.45, 2.75) is 6.54 Å². The van der Waals surface area contributed by atoms with Crippen molar-refractivity contribution in [2.75, 3.05) is 20.7 Å². The normalized spacial score (nSPS) is 10.3. The van der Waals surface area contributed by atoms with Gasteiger partial charge in [0.1, 0.15) is 5.75 Å². The fourth-order valence-corrected chi connectivity index (χ4v) is 1.58. The first-order valence-electron chi connectivity index (χ1n) is 4.71. The Bertz CT molecular complexity index is 324. The lowest BCUT2D eigenvalue weighted by Crippen LogP contribution is -2.28. The van der Waals surface area contributed by atoms with Crippen LogP contribution in [-0.4, -0.2) is 30.6 Å². The fourth-order valence-electron chi connectivity index (χ4n) is 1.36. The van der Waals surface area contributed by atoms with E-state index in [1.54, 1.807) is 7.11 Å². The standard InChI is InChI=1S/C11H16N2OS/c1-13(8-11(12)15)7-9-3-5-10(14-2)6-4-9/h3-6H,7-8H2,1-2H3,(H2,12,15). The molecule has 0 fully saturated rings. The van der Waals surface area contributed by atoms with Crippen molar-refractivity contribution >= 4 is 17.2 Å². The fraction of sp³-hybridized carbons (Fsp3) is 0.364. The number of rotatable bonds is 5. The molecule has 1 aromatic rings. The molecule has 0 amide bonds. The highest BCUT2D eigenvalue weighted by molar-refractivity contribution is 7.80. The Morgan fingerprint density at radius 3 is 2.47 bits per heavy atom. The maximum atomic E-state index is 5.46. The Kier molecular flexibility index (Phi) is 4.52. The predicted octanol–water partition coefficient (Wildman–Crippen LogP) is 1.41. The van der Waals surface area contributed by atoms with Crippen LogP contribution in [0, 0.1) is 0 Å². The highest BCUT2D eigenvalue weighted by Gasteiger charge is 2.01. The van der Waals surface area contributed by atoms with E-state index >= 15 is 0 Å². The SMILES string of the molecule is COc1ccc(CN(C)CC(N)=S)cc1. The van der Waals surface area contributed by atoms with Gasteiger partial charge in [-0.3, -0.25) is 4.90 Å². The second kappa shape index (κ2) is 5.68. The van der Waals surface area contributed by atoms with Gasteiger partial charge in [0.15, 0.2) is 0 Å². The maximum Gasteiger partial charge on any atom is 0.118 e. The van der Waals surface area contributed by atoms with Gasteiger partial charge in [0.05, 0.1) is 12.1 Å². The van der Waals surface area contributed by atoms with Gasteiger partial charge in [-0.1, -0.05) is 24.4 Å². The molecule has 4 heteroatoms. The molecule has 2 N–H and O–H groups in total. The number of thiocarbonyl (C=S) groups is 1. The number of hydrogen-bond donors (Lipinski definition) is 1. The molecule has 1 aromatic carbocycles. The molecule has 0 saturated carbocycles. The second-order valence-electron chi connectivity index (χ2n) is 3.49. The minimum atomic E-state index is 0.519. The Balaban J connectivity index is 2.53. The van der Waals surface area contributed by atoms with E-state index in [-0.39, 0.29) is 0 Å². The molecule has 82 valence electrons. The Morgan fingerprint density at radius 1 is 1.40 bits per heavy atom. The van der Waals surface area contributed by atoms with Crippen LogP contribution in [0.15, 0.2) is 24.3 Å². The van der Waals surface area contributed by atoms with E-state index in [9.17, 15) is 0 Å². The van der Waals surface area contributed by atoms with Gasteiger partial charge >= 0.3 is 0 Å². The van der Waals surface area contributed by atoms with Crippen LogP contribution < -0.4 is 10.5 Å². The number of hydrogen-bond acceptors (Lipinski definition) is 3. The minimum Gasteiger partial charge on any atom is -0.497 e. The van der Waals surface area contributed by atoms with E-state index < -0.39 is 0 Å². The number of nitrogens with zero attached hydrogens (tertiary/aromatic N) is 1. The molecule has 0 aliphatic rings. The van der Waals surface area contributed by atoms with Crippen LogP contribution in [0.4, 0.5) is 0 Å². The lowest BCUT2D eigenvalue weighted by Gasteiger charge is -2.15. The van der Waals surface area contributed by atoms with Crippen molar-refractivity contribution in [1.29, 1.82) is 0 Å². The molecule has 0 aromatic heterocycles. The highest BCUT2D eigenvalue weighted by atomic mass is 32.1. The number of likely N-dealkylation sites (N-methyl/N-ethyl adjacent to an activating group) is 1. The van der Waals surface area contributed by atoms with Crippen molar-refractivity contribution in [2.24, 2.45) is 5.73 Å². The van der Waals surface area contributed by atoms with Crippen LogP contribution >= 0.6 is 12.2 Å². The quantitative estimate of drug-likeness (QED) is 0.768. The summed E-state index contributed by atoms with van der Waals surface area (Å²) in [7, 11) is 3.65. The third-order valence-corrected chi connectivity index (χ3v) is 2.17. The molecule has 15 heavy (non-hydrogen) atoms. The summed E-state index contributed by atoms with van der Waals surface area (Å²) in [6, 6.07) is 7.97. The topological polar surface area (TPSA) is 38.5 Å². The Hall–Kier alpha value is -1.13. The number of benzene rings is 1. The average Bonchev–Trinajstić information content (AvgIpc) is 2.17. The summed E-state index contributed by atoms with van der Waals surface area (Å²) in [5, 5.41) is 0. The van der Waals surface area contributed by atoms with Crippen molar-refractivity contribution < 1.29 is 4.74 Å². The van der Waals surface area contributed by atoms with Crippen LogP contribution in [0.2, 0.25) is 0 Å². The number of nitrogens with two attached hydrogens (primary N) is 1. The van der Waals surface area contributed by atoms with Gasteiger partial charge in [0.25, 0.3) is 0 Å². The zero-order chi connectivity index (χ0) is 11.3. The molecular weight excluding hydrogens is 208 g/mol. The first-order valence-corrected chi connectivity index (χ1v) is 5.12. The van der Waals surface area contributed by atoms with E-state index in [4.69, 9.17) is 22.7 Å². The molecule has 0 heterocycles. The van der Waals surface area contributed by atoms with Gasteiger partial charge in [0, 0.05) is 13.1 Å². The third kappa shape index (κ3) is 4.27. The monoisotopic (exact) mass is 224 g/mol. The molecule has 0 unspecified atom stereocenters. The van der Waals surface area contributed by atoms with Crippen LogP contribution in [0.1, 0.15) is 5.56 Å². The van der Waals surface area contributed by atoms with Gasteiger partial charge in [-0.25, -0.2) is 0 Å². The first-order chi connectivity index (χ1) is 7.11. The largest absolute Gasteiger partial charge is 0.497 e. The lowest BCUT2D eigenvalue weighted by atomic mass is 10.2. The lowest BCUT2D eigenvalue weighted by molar-refractivity contribution is 0.374.